The van der Waals surface area contributed by atoms with Gasteiger partial charge in [0.1, 0.15) is 0 Å². The van der Waals surface area contributed by atoms with Crippen molar-refractivity contribution >= 4 is 15.7 Å². The molecule has 0 heterocycles. The Kier molecular flexibility index (Phi) is 4.16. The predicted octanol–water partition coefficient (Wildman–Crippen LogP) is 2.43. The van der Waals surface area contributed by atoms with Crippen molar-refractivity contribution in [3.05, 3.63) is 23.8 Å². The first kappa shape index (κ1) is 14.3. The minimum absolute atomic E-state index is 0.0514. The van der Waals surface area contributed by atoms with E-state index >= 15 is 0 Å². The van der Waals surface area contributed by atoms with Crippen molar-refractivity contribution in [3.63, 3.8) is 0 Å². The van der Waals surface area contributed by atoms with Gasteiger partial charge in [-0.05, 0) is 49.4 Å². The normalized spacial score (nSPS) is 24.3. The van der Waals surface area contributed by atoms with Crippen LogP contribution in [-0.2, 0) is 10.0 Å². The summed E-state index contributed by atoms with van der Waals surface area (Å²) < 4.78 is 27.5. The number of hydrogen-bond acceptors (Lipinski definition) is 3. The van der Waals surface area contributed by atoms with Crippen LogP contribution in [0.3, 0.4) is 0 Å². The van der Waals surface area contributed by atoms with Crippen LogP contribution in [0.1, 0.15) is 38.2 Å². The van der Waals surface area contributed by atoms with Gasteiger partial charge in [-0.25, -0.2) is 13.1 Å². The number of hydrogen-bond donors (Lipinski definition) is 2. The minimum atomic E-state index is -3.46. The Morgan fingerprint density at radius 3 is 2.63 bits per heavy atom. The molecule has 0 bridgehead atoms. The van der Waals surface area contributed by atoms with Crippen LogP contribution in [0.15, 0.2) is 23.1 Å². The summed E-state index contributed by atoms with van der Waals surface area (Å²) >= 11 is 0. The fourth-order valence-electron chi connectivity index (χ4n) is 2.76. The molecule has 1 aliphatic rings. The van der Waals surface area contributed by atoms with Gasteiger partial charge in [0.05, 0.1) is 4.90 Å². The highest BCUT2D eigenvalue weighted by Gasteiger charge is 2.24. The molecule has 0 amide bonds. The van der Waals surface area contributed by atoms with Crippen LogP contribution in [0.5, 0.6) is 0 Å². The van der Waals surface area contributed by atoms with Gasteiger partial charge in [0, 0.05) is 11.7 Å². The average molecular weight is 282 g/mol. The number of anilines is 1. The predicted molar refractivity (Wildman–Crippen MR) is 77.3 cm³/mol. The molecule has 2 atom stereocenters. The Morgan fingerprint density at radius 1 is 1.26 bits per heavy atom. The lowest BCUT2D eigenvalue weighted by Crippen LogP contribution is -2.37. The van der Waals surface area contributed by atoms with Gasteiger partial charge in [-0.3, -0.25) is 0 Å². The van der Waals surface area contributed by atoms with Crippen molar-refractivity contribution in [1.82, 2.24) is 4.72 Å². The lowest BCUT2D eigenvalue weighted by Gasteiger charge is -2.27. The number of nitrogen functional groups attached to an aromatic ring is 1. The quantitative estimate of drug-likeness (QED) is 0.836. The molecule has 1 aromatic carbocycles. The molecule has 4 nitrogen and oxygen atoms in total. The highest BCUT2D eigenvalue weighted by atomic mass is 32.2. The van der Waals surface area contributed by atoms with E-state index in [1.807, 2.05) is 6.92 Å². The van der Waals surface area contributed by atoms with Crippen molar-refractivity contribution in [2.75, 3.05) is 5.73 Å². The first-order chi connectivity index (χ1) is 8.87. The molecule has 3 N–H and O–H groups in total. The van der Waals surface area contributed by atoms with Crippen molar-refractivity contribution in [1.29, 1.82) is 0 Å². The van der Waals surface area contributed by atoms with Crippen LogP contribution in [0.2, 0.25) is 0 Å². The Labute approximate surface area is 115 Å². The van der Waals surface area contributed by atoms with Crippen LogP contribution < -0.4 is 10.5 Å². The van der Waals surface area contributed by atoms with Gasteiger partial charge in [-0.1, -0.05) is 19.8 Å². The van der Waals surface area contributed by atoms with E-state index in [4.69, 9.17) is 5.73 Å². The topological polar surface area (TPSA) is 72.2 Å². The van der Waals surface area contributed by atoms with E-state index in [0.717, 1.165) is 24.8 Å². The molecule has 0 aromatic heterocycles. The molecule has 0 radical (unpaired) electrons. The number of rotatable bonds is 3. The van der Waals surface area contributed by atoms with Gasteiger partial charge < -0.3 is 5.73 Å². The molecule has 1 aromatic rings. The minimum Gasteiger partial charge on any atom is -0.399 e. The van der Waals surface area contributed by atoms with Gasteiger partial charge in [0.2, 0.25) is 10.0 Å². The average Bonchev–Trinajstić information content (AvgIpc) is 2.26. The largest absolute Gasteiger partial charge is 0.399 e. The van der Waals surface area contributed by atoms with E-state index in [-0.39, 0.29) is 10.9 Å². The molecule has 1 fully saturated rings. The number of benzene rings is 1. The van der Waals surface area contributed by atoms with E-state index < -0.39 is 10.0 Å². The van der Waals surface area contributed by atoms with Crippen LogP contribution in [-0.4, -0.2) is 14.5 Å². The molecule has 1 aliphatic carbocycles. The standard InChI is InChI=1S/C14H22N2O2S/c1-10-4-3-5-13(7-10)16-19(17,18)14-8-11(2)6-12(15)9-14/h6,8-10,13,16H,3-5,7,15H2,1-2H3. The molecule has 2 rings (SSSR count). The van der Waals surface area contributed by atoms with E-state index in [9.17, 15) is 8.42 Å². The zero-order valence-corrected chi connectivity index (χ0v) is 12.3. The Hall–Kier alpha value is -1.07. The second-order valence-electron chi connectivity index (χ2n) is 5.67. The van der Waals surface area contributed by atoms with Gasteiger partial charge in [0.25, 0.3) is 0 Å². The lowest BCUT2D eigenvalue weighted by atomic mass is 9.88. The van der Waals surface area contributed by atoms with E-state index in [1.165, 1.54) is 12.5 Å². The third-order valence-electron chi connectivity index (χ3n) is 3.64. The van der Waals surface area contributed by atoms with Crippen molar-refractivity contribution in [3.8, 4) is 0 Å². The smallest absolute Gasteiger partial charge is 0.240 e. The maximum absolute atomic E-state index is 12.3. The number of nitrogens with one attached hydrogen (secondary N) is 1. The zero-order valence-electron chi connectivity index (χ0n) is 11.5. The first-order valence-electron chi connectivity index (χ1n) is 6.76. The molecule has 0 saturated heterocycles. The monoisotopic (exact) mass is 282 g/mol. The number of aryl methyl sites for hydroxylation is 1. The fraction of sp³-hybridized carbons (Fsp3) is 0.571. The third kappa shape index (κ3) is 3.70. The number of sulfonamides is 1. The molecule has 106 valence electrons. The van der Waals surface area contributed by atoms with Crippen molar-refractivity contribution in [2.24, 2.45) is 5.92 Å². The molecular weight excluding hydrogens is 260 g/mol. The highest BCUT2D eigenvalue weighted by Crippen LogP contribution is 2.25. The zero-order chi connectivity index (χ0) is 14.0. The summed E-state index contributed by atoms with van der Waals surface area (Å²) in [6, 6.07) is 4.99. The molecule has 0 aliphatic heterocycles. The second kappa shape index (κ2) is 5.51. The molecule has 5 heteroatoms. The van der Waals surface area contributed by atoms with Gasteiger partial charge >= 0.3 is 0 Å². The van der Waals surface area contributed by atoms with Crippen LogP contribution in [0.25, 0.3) is 0 Å². The lowest BCUT2D eigenvalue weighted by molar-refractivity contribution is 0.327. The molecule has 1 saturated carbocycles. The van der Waals surface area contributed by atoms with Crippen molar-refractivity contribution < 1.29 is 8.42 Å². The Morgan fingerprint density at radius 2 is 2.00 bits per heavy atom. The maximum Gasteiger partial charge on any atom is 0.240 e. The summed E-state index contributed by atoms with van der Waals surface area (Å²) in [7, 11) is -3.46. The summed E-state index contributed by atoms with van der Waals surface area (Å²) in [5.74, 6) is 0.587. The van der Waals surface area contributed by atoms with E-state index in [0.29, 0.717) is 11.6 Å². The number of nitrogens with two attached hydrogens (primary N) is 1. The van der Waals surface area contributed by atoms with Crippen LogP contribution in [0, 0.1) is 12.8 Å². The first-order valence-corrected chi connectivity index (χ1v) is 8.24. The van der Waals surface area contributed by atoms with Crippen molar-refractivity contribution in [2.45, 2.75) is 50.5 Å². The maximum atomic E-state index is 12.3. The van der Waals surface area contributed by atoms with Gasteiger partial charge in [0.15, 0.2) is 0 Å². The molecule has 2 unspecified atom stereocenters. The molecule has 19 heavy (non-hydrogen) atoms. The van der Waals surface area contributed by atoms with Crippen LogP contribution >= 0.6 is 0 Å². The summed E-state index contributed by atoms with van der Waals surface area (Å²) in [6.45, 7) is 4.02. The fourth-order valence-corrected chi connectivity index (χ4v) is 4.18. The second-order valence-corrected chi connectivity index (χ2v) is 7.38. The van der Waals surface area contributed by atoms with Crippen LogP contribution in [0.4, 0.5) is 5.69 Å². The Bertz CT molecular complexity index is 534. The third-order valence-corrected chi connectivity index (χ3v) is 5.14. The summed E-state index contributed by atoms with van der Waals surface area (Å²) in [6.07, 6.45) is 4.12. The molecular formula is C14H22N2O2S. The van der Waals surface area contributed by atoms with Gasteiger partial charge in [-0.15, -0.1) is 0 Å². The highest BCUT2D eigenvalue weighted by molar-refractivity contribution is 7.89. The van der Waals surface area contributed by atoms with E-state index in [2.05, 4.69) is 11.6 Å². The molecule has 0 spiro atoms. The van der Waals surface area contributed by atoms with Gasteiger partial charge in [-0.2, -0.15) is 0 Å². The summed E-state index contributed by atoms with van der Waals surface area (Å²) in [4.78, 5) is 0.267. The summed E-state index contributed by atoms with van der Waals surface area (Å²) in [5, 5.41) is 0. The Balaban J connectivity index is 2.17. The summed E-state index contributed by atoms with van der Waals surface area (Å²) in [5.41, 5.74) is 7.06. The van der Waals surface area contributed by atoms with E-state index in [1.54, 1.807) is 12.1 Å². The SMILES string of the molecule is Cc1cc(N)cc(S(=O)(=O)NC2CCCC(C)C2)c1.